The average Bonchev–Trinajstić information content (AvgIpc) is 3.14. The summed E-state index contributed by atoms with van der Waals surface area (Å²) in [5.41, 5.74) is 3.37. The molecule has 0 bridgehead atoms. The molecule has 3 N–H and O–H groups in total. The zero-order valence-electron chi connectivity index (χ0n) is 11.7. The second-order valence-electron chi connectivity index (χ2n) is 6.88. The molecule has 1 spiro atoms. The lowest BCUT2D eigenvalue weighted by molar-refractivity contribution is -0.101. The predicted octanol–water partition coefficient (Wildman–Crippen LogP) is 2.60. The van der Waals surface area contributed by atoms with Gasteiger partial charge in [0.25, 0.3) is 0 Å². The fourth-order valence-electron chi connectivity index (χ4n) is 4.37. The van der Waals surface area contributed by atoms with E-state index in [-0.39, 0.29) is 5.60 Å². The molecule has 2 aliphatic carbocycles. The summed E-state index contributed by atoms with van der Waals surface area (Å²) >= 11 is 0. The van der Waals surface area contributed by atoms with Gasteiger partial charge in [-0.2, -0.15) is 0 Å². The number of nitrogens with one attached hydrogen (secondary N) is 1. The molecule has 0 aromatic heterocycles. The van der Waals surface area contributed by atoms with Crippen molar-refractivity contribution in [2.45, 2.75) is 69.9 Å². The van der Waals surface area contributed by atoms with Gasteiger partial charge >= 0.3 is 0 Å². The van der Waals surface area contributed by atoms with Gasteiger partial charge in [-0.05, 0) is 56.3 Å². The Morgan fingerprint density at radius 1 is 1.17 bits per heavy atom. The number of hydrogen-bond donors (Lipinski definition) is 2. The van der Waals surface area contributed by atoms with E-state index < -0.39 is 0 Å². The second kappa shape index (κ2) is 5.10. The third kappa shape index (κ3) is 2.45. The van der Waals surface area contributed by atoms with Crippen molar-refractivity contribution in [2.24, 2.45) is 23.6 Å². The summed E-state index contributed by atoms with van der Waals surface area (Å²) in [4.78, 5) is 0. The highest BCUT2D eigenvalue weighted by Crippen LogP contribution is 2.46. The van der Waals surface area contributed by atoms with E-state index in [1.807, 2.05) is 0 Å². The van der Waals surface area contributed by atoms with Crippen molar-refractivity contribution >= 4 is 0 Å². The number of rotatable bonds is 4. The molecule has 1 heterocycles. The van der Waals surface area contributed by atoms with Gasteiger partial charge in [0, 0.05) is 12.6 Å². The quantitative estimate of drug-likeness (QED) is 0.597. The second-order valence-corrected chi connectivity index (χ2v) is 6.88. The summed E-state index contributed by atoms with van der Waals surface area (Å²) in [5.74, 6) is 8.24. The lowest BCUT2D eigenvalue weighted by Gasteiger charge is -2.42. The van der Waals surface area contributed by atoms with E-state index >= 15 is 0 Å². The zero-order chi connectivity index (χ0) is 12.6. The largest absolute Gasteiger partial charge is 0.375 e. The third-order valence-electron chi connectivity index (χ3n) is 5.68. The molecule has 1 saturated heterocycles. The Kier molecular flexibility index (Phi) is 3.65. The van der Waals surface area contributed by atoms with E-state index in [9.17, 15) is 0 Å². The molecule has 3 heteroatoms. The van der Waals surface area contributed by atoms with Crippen LogP contribution in [0.3, 0.4) is 0 Å². The highest BCUT2D eigenvalue weighted by Gasteiger charge is 2.44. The van der Waals surface area contributed by atoms with Crippen LogP contribution < -0.4 is 11.3 Å². The molecule has 0 radical (unpaired) electrons. The maximum absolute atomic E-state index is 6.14. The molecular weight excluding hydrogens is 224 g/mol. The molecule has 0 aromatic carbocycles. The molecule has 3 nitrogen and oxygen atoms in total. The Hall–Kier alpha value is -0.120. The third-order valence-corrected chi connectivity index (χ3v) is 5.68. The molecule has 2 saturated carbocycles. The van der Waals surface area contributed by atoms with Crippen LogP contribution in [-0.2, 0) is 4.74 Å². The normalized spacial score (nSPS) is 34.7. The molecule has 0 aromatic rings. The van der Waals surface area contributed by atoms with Gasteiger partial charge in [-0.1, -0.05) is 19.8 Å². The Balaban J connectivity index is 1.66. The summed E-state index contributed by atoms with van der Waals surface area (Å²) in [7, 11) is 0. The van der Waals surface area contributed by atoms with Gasteiger partial charge in [0.1, 0.15) is 0 Å². The minimum Gasteiger partial charge on any atom is -0.375 e. The van der Waals surface area contributed by atoms with E-state index in [2.05, 4.69) is 12.3 Å². The number of ether oxygens (including phenoxy) is 1. The zero-order valence-corrected chi connectivity index (χ0v) is 11.7. The molecule has 3 aliphatic rings. The SMILES string of the molecule is CC(C1CC1)C(NN)C1CCOC2(CCCC2)C1. The Morgan fingerprint density at radius 2 is 1.89 bits per heavy atom. The van der Waals surface area contributed by atoms with Crippen LogP contribution in [0.25, 0.3) is 0 Å². The van der Waals surface area contributed by atoms with E-state index in [0.717, 1.165) is 24.4 Å². The van der Waals surface area contributed by atoms with Gasteiger partial charge in [0.05, 0.1) is 5.60 Å². The summed E-state index contributed by atoms with van der Waals surface area (Å²) in [6.45, 7) is 3.33. The van der Waals surface area contributed by atoms with Crippen LogP contribution in [0.5, 0.6) is 0 Å². The first-order chi connectivity index (χ1) is 8.74. The number of hydrazine groups is 1. The summed E-state index contributed by atoms with van der Waals surface area (Å²) in [5, 5.41) is 0. The first-order valence-corrected chi connectivity index (χ1v) is 7.84. The summed E-state index contributed by atoms with van der Waals surface area (Å²) in [6, 6.07) is 0.499. The van der Waals surface area contributed by atoms with Crippen LogP contribution >= 0.6 is 0 Å². The lowest BCUT2D eigenvalue weighted by atomic mass is 9.76. The van der Waals surface area contributed by atoms with Gasteiger partial charge < -0.3 is 4.74 Å². The summed E-state index contributed by atoms with van der Waals surface area (Å²) < 4.78 is 6.14. The van der Waals surface area contributed by atoms with E-state index in [4.69, 9.17) is 10.6 Å². The molecule has 18 heavy (non-hydrogen) atoms. The maximum atomic E-state index is 6.14. The first-order valence-electron chi connectivity index (χ1n) is 7.84. The van der Waals surface area contributed by atoms with Gasteiger partial charge in [-0.15, -0.1) is 0 Å². The average molecular weight is 252 g/mol. The fourth-order valence-corrected chi connectivity index (χ4v) is 4.37. The minimum atomic E-state index is 0.223. The molecule has 3 unspecified atom stereocenters. The van der Waals surface area contributed by atoms with Crippen LogP contribution in [0, 0.1) is 17.8 Å². The fraction of sp³-hybridized carbons (Fsp3) is 1.00. The predicted molar refractivity (Wildman–Crippen MR) is 72.9 cm³/mol. The van der Waals surface area contributed by atoms with Crippen LogP contribution in [0.15, 0.2) is 0 Å². The monoisotopic (exact) mass is 252 g/mol. The molecular formula is C15H28N2O. The van der Waals surface area contributed by atoms with Gasteiger partial charge in [0.2, 0.25) is 0 Å². The molecule has 3 fully saturated rings. The van der Waals surface area contributed by atoms with Crippen LogP contribution in [-0.4, -0.2) is 18.2 Å². The lowest BCUT2D eigenvalue weighted by Crippen LogP contribution is -2.51. The topological polar surface area (TPSA) is 47.3 Å². The summed E-state index contributed by atoms with van der Waals surface area (Å²) in [6.07, 6.45) is 10.5. The van der Waals surface area contributed by atoms with Gasteiger partial charge in [-0.25, -0.2) is 0 Å². The molecule has 0 amide bonds. The van der Waals surface area contributed by atoms with Crippen molar-refractivity contribution in [3.63, 3.8) is 0 Å². The van der Waals surface area contributed by atoms with E-state index in [1.165, 1.54) is 51.4 Å². The minimum absolute atomic E-state index is 0.223. The van der Waals surface area contributed by atoms with Crippen molar-refractivity contribution < 1.29 is 4.74 Å². The van der Waals surface area contributed by atoms with Crippen molar-refractivity contribution in [1.29, 1.82) is 0 Å². The van der Waals surface area contributed by atoms with E-state index in [0.29, 0.717) is 6.04 Å². The highest BCUT2D eigenvalue weighted by molar-refractivity contribution is 4.97. The van der Waals surface area contributed by atoms with Crippen molar-refractivity contribution in [3.05, 3.63) is 0 Å². The van der Waals surface area contributed by atoms with Gasteiger partial charge in [0.15, 0.2) is 0 Å². The number of hydrogen-bond acceptors (Lipinski definition) is 3. The Bertz CT molecular complexity index is 284. The molecule has 3 rings (SSSR count). The standard InChI is InChI=1S/C15H28N2O/c1-11(12-4-5-12)14(17-16)13-6-9-18-15(10-13)7-2-3-8-15/h11-14,17H,2-10,16H2,1H3. The molecule has 104 valence electrons. The van der Waals surface area contributed by atoms with E-state index in [1.54, 1.807) is 0 Å². The van der Waals surface area contributed by atoms with Gasteiger partial charge in [-0.3, -0.25) is 11.3 Å². The van der Waals surface area contributed by atoms with Crippen molar-refractivity contribution in [2.75, 3.05) is 6.61 Å². The van der Waals surface area contributed by atoms with Crippen molar-refractivity contribution in [3.8, 4) is 0 Å². The first kappa shape index (κ1) is 12.9. The van der Waals surface area contributed by atoms with Crippen LogP contribution in [0.4, 0.5) is 0 Å². The Labute approximate surface area is 111 Å². The maximum Gasteiger partial charge on any atom is 0.0685 e. The van der Waals surface area contributed by atoms with Crippen LogP contribution in [0.2, 0.25) is 0 Å². The molecule has 1 aliphatic heterocycles. The smallest absolute Gasteiger partial charge is 0.0685 e. The number of nitrogens with two attached hydrogens (primary N) is 1. The van der Waals surface area contributed by atoms with Crippen LogP contribution in [0.1, 0.15) is 58.3 Å². The highest BCUT2D eigenvalue weighted by atomic mass is 16.5. The Morgan fingerprint density at radius 3 is 2.50 bits per heavy atom. The van der Waals surface area contributed by atoms with Crippen molar-refractivity contribution in [1.82, 2.24) is 5.43 Å². The molecule has 3 atom stereocenters.